The number of nitrogens with one attached hydrogen (secondary N) is 2. The van der Waals surface area contributed by atoms with Gasteiger partial charge < -0.3 is 10.6 Å². The number of pyridine rings is 1. The van der Waals surface area contributed by atoms with Gasteiger partial charge in [0.05, 0.1) is 11.9 Å². The summed E-state index contributed by atoms with van der Waals surface area (Å²) in [6.07, 6.45) is -3.08. The van der Waals surface area contributed by atoms with Gasteiger partial charge in [0.2, 0.25) is 5.91 Å². The Bertz CT molecular complexity index is 426. The number of aromatic nitrogens is 1. The lowest BCUT2D eigenvalue weighted by molar-refractivity contribution is -0.141. The van der Waals surface area contributed by atoms with Gasteiger partial charge in [0, 0.05) is 6.42 Å². The molecule has 1 aromatic heterocycles. The molecule has 18 heavy (non-hydrogen) atoms. The number of carbonyl (C=O) groups is 1. The highest BCUT2D eigenvalue weighted by Crippen LogP contribution is 2.27. The zero-order chi connectivity index (χ0) is 13.2. The van der Waals surface area contributed by atoms with Gasteiger partial charge in [-0.3, -0.25) is 4.79 Å². The second kappa shape index (κ2) is 4.93. The lowest BCUT2D eigenvalue weighted by Gasteiger charge is -2.26. The molecule has 2 N–H and O–H groups in total. The summed E-state index contributed by atoms with van der Waals surface area (Å²) >= 11 is 0. The standard InChI is InChI=1S/C11H12F3N3O/c12-11(13,14)9-2-1-8(6-16-9)17-10(18)3-7-4-15-5-7/h1-2,6-7,15H,3-5H2,(H,17,18). The molecule has 1 aliphatic heterocycles. The van der Waals surface area contributed by atoms with Crippen LogP contribution >= 0.6 is 0 Å². The fraction of sp³-hybridized carbons (Fsp3) is 0.455. The van der Waals surface area contributed by atoms with E-state index in [1.807, 2.05) is 0 Å². The molecule has 0 spiro atoms. The van der Waals surface area contributed by atoms with Crippen LogP contribution in [0.15, 0.2) is 18.3 Å². The summed E-state index contributed by atoms with van der Waals surface area (Å²) in [4.78, 5) is 14.8. The van der Waals surface area contributed by atoms with Gasteiger partial charge in [-0.2, -0.15) is 13.2 Å². The van der Waals surface area contributed by atoms with Gasteiger partial charge in [0.1, 0.15) is 5.69 Å². The molecule has 0 atom stereocenters. The molecule has 98 valence electrons. The molecule has 7 heteroatoms. The molecule has 1 aromatic rings. The van der Waals surface area contributed by atoms with Gasteiger partial charge in [-0.15, -0.1) is 0 Å². The lowest BCUT2D eigenvalue weighted by atomic mass is 9.99. The molecule has 0 radical (unpaired) electrons. The molecule has 2 rings (SSSR count). The molecule has 4 nitrogen and oxygen atoms in total. The average Bonchev–Trinajstić information content (AvgIpc) is 2.23. The monoisotopic (exact) mass is 259 g/mol. The van der Waals surface area contributed by atoms with E-state index in [2.05, 4.69) is 15.6 Å². The van der Waals surface area contributed by atoms with Crippen molar-refractivity contribution in [2.75, 3.05) is 18.4 Å². The second-order valence-electron chi connectivity index (χ2n) is 4.21. The van der Waals surface area contributed by atoms with Crippen molar-refractivity contribution in [3.8, 4) is 0 Å². The van der Waals surface area contributed by atoms with Gasteiger partial charge in [-0.05, 0) is 31.1 Å². The lowest BCUT2D eigenvalue weighted by Crippen LogP contribution is -2.43. The molecule has 1 saturated heterocycles. The Hall–Kier alpha value is -1.63. The summed E-state index contributed by atoms with van der Waals surface area (Å²) in [5.41, 5.74) is -0.691. The topological polar surface area (TPSA) is 54.0 Å². The van der Waals surface area contributed by atoms with Gasteiger partial charge >= 0.3 is 6.18 Å². The van der Waals surface area contributed by atoms with Crippen molar-refractivity contribution < 1.29 is 18.0 Å². The van der Waals surface area contributed by atoms with Crippen molar-refractivity contribution in [1.82, 2.24) is 10.3 Å². The van der Waals surface area contributed by atoms with Crippen molar-refractivity contribution >= 4 is 11.6 Å². The van der Waals surface area contributed by atoms with E-state index in [1.165, 1.54) is 6.07 Å². The fourth-order valence-corrected chi connectivity index (χ4v) is 1.60. The summed E-state index contributed by atoms with van der Waals surface area (Å²) < 4.78 is 36.8. The third-order valence-corrected chi connectivity index (χ3v) is 2.68. The van der Waals surface area contributed by atoms with E-state index in [1.54, 1.807) is 0 Å². The maximum atomic E-state index is 12.3. The molecule has 2 heterocycles. The smallest absolute Gasteiger partial charge is 0.325 e. The van der Waals surface area contributed by atoms with E-state index in [0.29, 0.717) is 12.3 Å². The zero-order valence-electron chi connectivity index (χ0n) is 9.42. The van der Waals surface area contributed by atoms with Crippen LogP contribution in [0.1, 0.15) is 12.1 Å². The Balaban J connectivity index is 1.91. The Labute approximate surface area is 102 Å². The molecule has 1 fully saturated rings. The number of amides is 1. The molecular weight excluding hydrogens is 247 g/mol. The number of alkyl halides is 3. The third kappa shape index (κ3) is 3.19. The first-order valence-corrected chi connectivity index (χ1v) is 5.49. The SMILES string of the molecule is O=C(CC1CNC1)Nc1ccc(C(F)(F)F)nc1. The molecule has 1 amide bonds. The van der Waals surface area contributed by atoms with E-state index in [0.717, 1.165) is 25.4 Å². The Morgan fingerprint density at radius 2 is 2.17 bits per heavy atom. The maximum Gasteiger partial charge on any atom is 0.433 e. The molecule has 0 bridgehead atoms. The van der Waals surface area contributed by atoms with Gasteiger partial charge in [0.15, 0.2) is 0 Å². The van der Waals surface area contributed by atoms with Crippen LogP contribution in [0.25, 0.3) is 0 Å². The third-order valence-electron chi connectivity index (χ3n) is 2.68. The Morgan fingerprint density at radius 3 is 2.61 bits per heavy atom. The number of rotatable bonds is 3. The highest BCUT2D eigenvalue weighted by atomic mass is 19.4. The molecule has 0 unspecified atom stereocenters. The van der Waals surface area contributed by atoms with Crippen LogP contribution in [0.3, 0.4) is 0 Å². The van der Waals surface area contributed by atoms with Crippen LogP contribution in [0.4, 0.5) is 18.9 Å². The van der Waals surface area contributed by atoms with E-state index in [9.17, 15) is 18.0 Å². The summed E-state index contributed by atoms with van der Waals surface area (Å²) in [6, 6.07) is 2.05. The maximum absolute atomic E-state index is 12.3. The van der Waals surface area contributed by atoms with E-state index >= 15 is 0 Å². The highest BCUT2D eigenvalue weighted by molar-refractivity contribution is 5.90. The normalized spacial score (nSPS) is 16.2. The summed E-state index contributed by atoms with van der Waals surface area (Å²) in [5, 5.41) is 5.56. The van der Waals surface area contributed by atoms with Crippen LogP contribution in [-0.2, 0) is 11.0 Å². The van der Waals surface area contributed by atoms with E-state index in [4.69, 9.17) is 0 Å². The molecule has 0 aromatic carbocycles. The van der Waals surface area contributed by atoms with Crippen molar-refractivity contribution in [3.05, 3.63) is 24.0 Å². The number of anilines is 1. The van der Waals surface area contributed by atoms with E-state index in [-0.39, 0.29) is 11.6 Å². The predicted octanol–water partition coefficient (Wildman–Crippen LogP) is 1.65. The Morgan fingerprint density at radius 1 is 1.44 bits per heavy atom. The summed E-state index contributed by atoms with van der Waals surface area (Å²) in [6.45, 7) is 1.61. The van der Waals surface area contributed by atoms with Crippen molar-refractivity contribution in [2.24, 2.45) is 5.92 Å². The minimum atomic E-state index is -4.46. The van der Waals surface area contributed by atoms with Crippen molar-refractivity contribution in [2.45, 2.75) is 12.6 Å². The minimum Gasteiger partial charge on any atom is -0.325 e. The number of nitrogens with zero attached hydrogens (tertiary/aromatic N) is 1. The number of carbonyl (C=O) groups excluding carboxylic acids is 1. The van der Waals surface area contributed by atoms with Gasteiger partial charge in [-0.25, -0.2) is 4.98 Å². The molecule has 0 saturated carbocycles. The number of hydrogen-bond donors (Lipinski definition) is 2. The van der Waals surface area contributed by atoms with Crippen molar-refractivity contribution in [3.63, 3.8) is 0 Å². The average molecular weight is 259 g/mol. The fourth-order valence-electron chi connectivity index (χ4n) is 1.60. The van der Waals surface area contributed by atoms with Crippen LogP contribution in [-0.4, -0.2) is 24.0 Å². The summed E-state index contributed by atoms with van der Waals surface area (Å²) in [5.74, 6) is 0.107. The molecule has 0 aliphatic carbocycles. The van der Waals surface area contributed by atoms with Crippen LogP contribution in [0.5, 0.6) is 0 Å². The van der Waals surface area contributed by atoms with Crippen LogP contribution in [0, 0.1) is 5.92 Å². The molecule has 1 aliphatic rings. The van der Waals surface area contributed by atoms with Gasteiger partial charge in [-0.1, -0.05) is 0 Å². The number of halogens is 3. The zero-order valence-corrected chi connectivity index (χ0v) is 9.42. The second-order valence-corrected chi connectivity index (χ2v) is 4.21. The Kier molecular flexibility index (Phi) is 3.51. The summed E-state index contributed by atoms with van der Waals surface area (Å²) in [7, 11) is 0. The first-order valence-electron chi connectivity index (χ1n) is 5.49. The van der Waals surface area contributed by atoms with E-state index < -0.39 is 11.9 Å². The molecular formula is C11H12F3N3O. The van der Waals surface area contributed by atoms with Crippen LogP contribution < -0.4 is 10.6 Å². The highest BCUT2D eigenvalue weighted by Gasteiger charge is 2.32. The first-order chi connectivity index (χ1) is 8.45. The quantitative estimate of drug-likeness (QED) is 0.867. The predicted molar refractivity (Wildman–Crippen MR) is 58.8 cm³/mol. The largest absolute Gasteiger partial charge is 0.433 e. The number of hydrogen-bond acceptors (Lipinski definition) is 3. The van der Waals surface area contributed by atoms with Gasteiger partial charge in [0.25, 0.3) is 0 Å². The minimum absolute atomic E-state index is 0.206. The van der Waals surface area contributed by atoms with Crippen LogP contribution in [0.2, 0.25) is 0 Å². The van der Waals surface area contributed by atoms with Crippen molar-refractivity contribution in [1.29, 1.82) is 0 Å². The first kappa shape index (κ1) is 12.8.